The van der Waals surface area contributed by atoms with Crippen LogP contribution >= 0.6 is 0 Å². The van der Waals surface area contributed by atoms with Crippen LogP contribution in [0.4, 0.5) is 5.82 Å². The van der Waals surface area contributed by atoms with E-state index >= 15 is 0 Å². The first-order valence-electron chi connectivity index (χ1n) is 6.87. The number of rotatable bonds is 3. The van der Waals surface area contributed by atoms with Crippen LogP contribution in [0.15, 0.2) is 24.8 Å². The van der Waals surface area contributed by atoms with Crippen LogP contribution in [0.3, 0.4) is 0 Å². The van der Waals surface area contributed by atoms with Gasteiger partial charge in [0, 0.05) is 24.9 Å². The Bertz CT molecular complexity index is 763. The van der Waals surface area contributed by atoms with Gasteiger partial charge in [0.15, 0.2) is 11.6 Å². The molecule has 0 fully saturated rings. The molecule has 0 atom stereocenters. The Morgan fingerprint density at radius 1 is 1.29 bits per heavy atom. The van der Waals surface area contributed by atoms with Crippen molar-refractivity contribution in [2.24, 2.45) is 7.05 Å². The van der Waals surface area contributed by atoms with Crippen molar-refractivity contribution in [3.8, 4) is 0 Å². The van der Waals surface area contributed by atoms with Gasteiger partial charge in [-0.25, -0.2) is 9.50 Å². The summed E-state index contributed by atoms with van der Waals surface area (Å²) in [5.41, 5.74) is 2.01. The molecule has 7 nitrogen and oxygen atoms in total. The largest absolute Gasteiger partial charge is 0.361 e. The molecule has 0 aromatic carbocycles. The summed E-state index contributed by atoms with van der Waals surface area (Å²) in [6.45, 7) is 7.01. The topological polar surface area (TPSA) is 72.9 Å². The third-order valence-corrected chi connectivity index (χ3v) is 3.38. The van der Waals surface area contributed by atoms with Crippen molar-refractivity contribution < 1.29 is 0 Å². The molecule has 0 bridgehead atoms. The molecule has 0 saturated carbocycles. The molecule has 3 rings (SSSR count). The highest BCUT2D eigenvalue weighted by molar-refractivity contribution is 5.68. The molecule has 7 heteroatoms. The molecule has 110 valence electrons. The number of nitrogens with zero attached hydrogens (tertiary/aromatic N) is 6. The first-order valence-corrected chi connectivity index (χ1v) is 6.87. The Hall–Kier alpha value is -2.44. The number of anilines is 1. The molecule has 21 heavy (non-hydrogen) atoms. The Morgan fingerprint density at radius 2 is 2.10 bits per heavy atom. The third kappa shape index (κ3) is 2.58. The van der Waals surface area contributed by atoms with Gasteiger partial charge in [-0.05, 0) is 6.07 Å². The van der Waals surface area contributed by atoms with Gasteiger partial charge in [-0.3, -0.25) is 0 Å². The fraction of sp³-hybridized carbons (Fsp3) is 0.429. The Kier molecular flexibility index (Phi) is 3.12. The summed E-state index contributed by atoms with van der Waals surface area (Å²) in [7, 11) is 1.92. The van der Waals surface area contributed by atoms with E-state index in [9.17, 15) is 0 Å². The predicted molar refractivity (Wildman–Crippen MR) is 80.0 cm³/mol. The van der Waals surface area contributed by atoms with E-state index < -0.39 is 0 Å². The van der Waals surface area contributed by atoms with Gasteiger partial charge < -0.3 is 9.88 Å². The van der Waals surface area contributed by atoms with Gasteiger partial charge in [-0.2, -0.15) is 5.10 Å². The van der Waals surface area contributed by atoms with Crippen LogP contribution < -0.4 is 5.32 Å². The Morgan fingerprint density at radius 3 is 2.76 bits per heavy atom. The zero-order valence-electron chi connectivity index (χ0n) is 12.7. The zero-order valence-corrected chi connectivity index (χ0v) is 12.7. The number of hydrogen-bond acceptors (Lipinski definition) is 5. The van der Waals surface area contributed by atoms with E-state index in [-0.39, 0.29) is 5.41 Å². The minimum absolute atomic E-state index is 0.00683. The average Bonchev–Trinajstić information content (AvgIpc) is 3.02. The Balaban J connectivity index is 1.92. The molecule has 0 aliphatic heterocycles. The summed E-state index contributed by atoms with van der Waals surface area (Å²) >= 11 is 0. The maximum absolute atomic E-state index is 4.61. The molecule has 1 N–H and O–H groups in total. The lowest BCUT2D eigenvalue weighted by Crippen LogP contribution is -2.11. The molecule has 0 spiro atoms. The van der Waals surface area contributed by atoms with Crippen LogP contribution in [0.5, 0.6) is 0 Å². The molecule has 0 unspecified atom stereocenters. The van der Waals surface area contributed by atoms with E-state index in [0.29, 0.717) is 6.54 Å². The van der Waals surface area contributed by atoms with E-state index in [4.69, 9.17) is 0 Å². The molecule has 0 radical (unpaired) electrons. The van der Waals surface area contributed by atoms with E-state index in [1.54, 1.807) is 12.5 Å². The van der Waals surface area contributed by atoms with Crippen LogP contribution in [0.2, 0.25) is 0 Å². The summed E-state index contributed by atoms with van der Waals surface area (Å²) in [6, 6.07) is 2.08. The van der Waals surface area contributed by atoms with Crippen LogP contribution in [0.25, 0.3) is 5.52 Å². The predicted octanol–water partition coefficient (Wildman–Crippen LogP) is 1.77. The summed E-state index contributed by atoms with van der Waals surface area (Å²) in [5.74, 6) is 1.65. The first-order chi connectivity index (χ1) is 9.95. The second-order valence-electron chi connectivity index (χ2n) is 6.10. The molecule has 3 aromatic rings. The molecular formula is C14H19N7. The number of aromatic nitrogens is 6. The highest BCUT2D eigenvalue weighted by Crippen LogP contribution is 2.24. The van der Waals surface area contributed by atoms with Crippen LogP contribution in [-0.4, -0.2) is 29.4 Å². The minimum atomic E-state index is 0.00683. The van der Waals surface area contributed by atoms with Crippen molar-refractivity contribution in [3.05, 3.63) is 36.3 Å². The molecule has 0 aliphatic carbocycles. The lowest BCUT2D eigenvalue weighted by Gasteiger charge is -2.13. The first kappa shape index (κ1) is 13.5. The quantitative estimate of drug-likeness (QED) is 0.794. The van der Waals surface area contributed by atoms with Gasteiger partial charge in [0.25, 0.3) is 0 Å². The second kappa shape index (κ2) is 4.83. The summed E-state index contributed by atoms with van der Waals surface area (Å²) < 4.78 is 3.73. The highest BCUT2D eigenvalue weighted by atomic mass is 15.3. The smallest absolute Gasteiger partial charge is 0.152 e. The average molecular weight is 285 g/mol. The fourth-order valence-corrected chi connectivity index (χ4v) is 2.05. The number of hydrogen-bond donors (Lipinski definition) is 1. The molecular weight excluding hydrogens is 266 g/mol. The second-order valence-corrected chi connectivity index (χ2v) is 6.10. The van der Waals surface area contributed by atoms with Crippen molar-refractivity contribution >= 4 is 11.3 Å². The summed E-state index contributed by atoms with van der Waals surface area (Å²) in [5, 5.41) is 15.8. The standard InChI is InChI=1S/C14H19N7/c1-14(2,3)11-7-10-13(15-5-6-21(10)19-11)16-8-12-18-17-9-20(12)4/h5-7,9H,8H2,1-4H3,(H,15,16). The van der Waals surface area contributed by atoms with E-state index in [2.05, 4.69) is 52.4 Å². The molecule has 0 saturated heterocycles. The van der Waals surface area contributed by atoms with Gasteiger partial charge in [0.05, 0.1) is 12.2 Å². The van der Waals surface area contributed by atoms with Gasteiger partial charge >= 0.3 is 0 Å². The summed E-state index contributed by atoms with van der Waals surface area (Å²) in [6.07, 6.45) is 5.28. The maximum atomic E-state index is 4.61. The SMILES string of the molecule is Cn1cnnc1CNc1nccn2nc(C(C)(C)C)cc12. The lowest BCUT2D eigenvalue weighted by molar-refractivity contribution is 0.562. The normalized spacial score (nSPS) is 12.0. The van der Waals surface area contributed by atoms with E-state index in [1.165, 1.54) is 0 Å². The lowest BCUT2D eigenvalue weighted by atomic mass is 9.92. The van der Waals surface area contributed by atoms with E-state index in [0.717, 1.165) is 22.9 Å². The fourth-order valence-electron chi connectivity index (χ4n) is 2.05. The van der Waals surface area contributed by atoms with Crippen molar-refractivity contribution in [1.29, 1.82) is 0 Å². The van der Waals surface area contributed by atoms with Crippen LogP contribution in [0, 0.1) is 0 Å². The summed E-state index contributed by atoms with van der Waals surface area (Å²) in [4.78, 5) is 4.40. The van der Waals surface area contributed by atoms with Gasteiger partial charge in [-0.15, -0.1) is 10.2 Å². The van der Waals surface area contributed by atoms with Crippen LogP contribution in [-0.2, 0) is 19.0 Å². The van der Waals surface area contributed by atoms with Gasteiger partial charge in [0.1, 0.15) is 11.8 Å². The number of fused-ring (bicyclic) bond motifs is 1. The minimum Gasteiger partial charge on any atom is -0.361 e. The van der Waals surface area contributed by atoms with Crippen molar-refractivity contribution in [3.63, 3.8) is 0 Å². The third-order valence-electron chi connectivity index (χ3n) is 3.38. The molecule has 3 heterocycles. The van der Waals surface area contributed by atoms with E-state index in [1.807, 2.05) is 22.3 Å². The maximum Gasteiger partial charge on any atom is 0.152 e. The molecule has 0 aliphatic rings. The van der Waals surface area contributed by atoms with Crippen LogP contribution in [0.1, 0.15) is 32.3 Å². The number of aryl methyl sites for hydroxylation is 1. The molecule has 3 aromatic heterocycles. The van der Waals surface area contributed by atoms with Gasteiger partial charge in [0.2, 0.25) is 0 Å². The van der Waals surface area contributed by atoms with Gasteiger partial charge in [-0.1, -0.05) is 20.8 Å². The monoisotopic (exact) mass is 285 g/mol. The number of nitrogens with one attached hydrogen (secondary N) is 1. The molecule has 0 amide bonds. The van der Waals surface area contributed by atoms with Crippen molar-refractivity contribution in [2.45, 2.75) is 32.7 Å². The van der Waals surface area contributed by atoms with Crippen molar-refractivity contribution in [2.75, 3.05) is 5.32 Å². The zero-order chi connectivity index (χ0) is 15.0. The highest BCUT2D eigenvalue weighted by Gasteiger charge is 2.19. The van der Waals surface area contributed by atoms with Crippen molar-refractivity contribution in [1.82, 2.24) is 29.4 Å². The Labute approximate surface area is 123 Å².